The monoisotopic (exact) mass is 318 g/mol. The van der Waals surface area contributed by atoms with Crippen molar-refractivity contribution in [3.8, 4) is 11.9 Å². The summed E-state index contributed by atoms with van der Waals surface area (Å²) in [6.45, 7) is 7.44. The van der Waals surface area contributed by atoms with E-state index in [4.69, 9.17) is 10.00 Å². The van der Waals surface area contributed by atoms with Crippen LogP contribution in [0, 0.1) is 11.5 Å². The number of amidine groups is 1. The van der Waals surface area contributed by atoms with Crippen LogP contribution in [0.5, 0.6) is 5.75 Å². The van der Waals surface area contributed by atoms with Crippen LogP contribution in [0.3, 0.4) is 0 Å². The number of thioether (sulfide) groups is 1. The quantitative estimate of drug-likeness (QED) is 0.485. The minimum Gasteiger partial charge on any atom is -0.494 e. The molecule has 22 heavy (non-hydrogen) atoms. The molecule has 6 heteroatoms. The first kappa shape index (κ1) is 16.7. The number of piperazine rings is 1. The summed E-state index contributed by atoms with van der Waals surface area (Å²) in [4.78, 5) is 8.49. The molecule has 0 unspecified atom stereocenters. The molecule has 0 radical (unpaired) electrons. The predicted octanol–water partition coefficient (Wildman–Crippen LogP) is 2.40. The van der Waals surface area contributed by atoms with Crippen LogP contribution in [0.25, 0.3) is 0 Å². The topological polar surface area (TPSA) is 51.9 Å². The van der Waals surface area contributed by atoms with Gasteiger partial charge in [-0.15, -0.1) is 4.99 Å². The van der Waals surface area contributed by atoms with E-state index < -0.39 is 0 Å². The molecule has 1 saturated heterocycles. The molecule has 2 rings (SSSR count). The van der Waals surface area contributed by atoms with Gasteiger partial charge in [0.15, 0.2) is 5.17 Å². The van der Waals surface area contributed by atoms with Gasteiger partial charge in [0.25, 0.3) is 0 Å². The highest BCUT2D eigenvalue weighted by atomic mass is 32.2. The Kier molecular flexibility index (Phi) is 6.56. The fraction of sp³-hybridized carbons (Fsp3) is 0.500. The van der Waals surface area contributed by atoms with E-state index in [2.05, 4.69) is 26.9 Å². The summed E-state index contributed by atoms with van der Waals surface area (Å²) in [5, 5.41) is 9.53. The Labute approximate surface area is 136 Å². The molecular weight excluding hydrogens is 296 g/mol. The maximum Gasteiger partial charge on any atom is 0.208 e. The molecule has 1 fully saturated rings. The van der Waals surface area contributed by atoms with Crippen molar-refractivity contribution in [2.24, 2.45) is 4.99 Å². The molecule has 0 aromatic heterocycles. The van der Waals surface area contributed by atoms with E-state index in [-0.39, 0.29) is 0 Å². The molecule has 1 heterocycles. The fourth-order valence-corrected chi connectivity index (χ4v) is 3.07. The third-order valence-corrected chi connectivity index (χ3v) is 4.33. The number of aliphatic imine (C=N–C) groups is 1. The third-order valence-electron chi connectivity index (χ3n) is 3.61. The van der Waals surface area contributed by atoms with Crippen LogP contribution >= 0.6 is 11.8 Å². The molecule has 0 saturated carbocycles. The van der Waals surface area contributed by atoms with Gasteiger partial charge in [-0.1, -0.05) is 23.9 Å². The lowest BCUT2D eigenvalue weighted by molar-refractivity contribution is 0.177. The van der Waals surface area contributed by atoms with Crippen LogP contribution in [-0.4, -0.2) is 54.0 Å². The van der Waals surface area contributed by atoms with E-state index in [1.807, 2.05) is 31.5 Å². The lowest BCUT2D eigenvalue weighted by atomic mass is 10.2. The summed E-state index contributed by atoms with van der Waals surface area (Å²) >= 11 is 1.53. The molecule has 5 nitrogen and oxygen atoms in total. The fourth-order valence-electron chi connectivity index (χ4n) is 2.50. The van der Waals surface area contributed by atoms with Gasteiger partial charge in [-0.2, -0.15) is 5.26 Å². The van der Waals surface area contributed by atoms with Gasteiger partial charge in [-0.05, 0) is 30.9 Å². The number of ether oxygens (including phenoxy) is 1. The van der Waals surface area contributed by atoms with Crippen LogP contribution in [0.4, 0.5) is 0 Å². The van der Waals surface area contributed by atoms with Gasteiger partial charge in [0.1, 0.15) is 5.75 Å². The first-order valence-corrected chi connectivity index (χ1v) is 8.69. The van der Waals surface area contributed by atoms with Crippen LogP contribution in [0.2, 0.25) is 0 Å². The second-order valence-corrected chi connectivity index (χ2v) is 5.81. The molecule has 0 spiro atoms. The van der Waals surface area contributed by atoms with Crippen LogP contribution in [0.15, 0.2) is 29.3 Å². The number of rotatable bonds is 4. The second kappa shape index (κ2) is 8.66. The van der Waals surface area contributed by atoms with Crippen LogP contribution in [-0.2, 0) is 6.54 Å². The normalized spacial score (nSPS) is 16.4. The van der Waals surface area contributed by atoms with Crippen molar-refractivity contribution < 1.29 is 4.74 Å². The van der Waals surface area contributed by atoms with Gasteiger partial charge in [0, 0.05) is 32.7 Å². The van der Waals surface area contributed by atoms with E-state index in [0.29, 0.717) is 6.61 Å². The zero-order valence-electron chi connectivity index (χ0n) is 13.2. The Hall–Kier alpha value is -1.71. The van der Waals surface area contributed by atoms with Gasteiger partial charge in [0.05, 0.1) is 6.61 Å². The van der Waals surface area contributed by atoms with Gasteiger partial charge in [-0.25, -0.2) is 0 Å². The van der Waals surface area contributed by atoms with Crippen molar-refractivity contribution in [1.29, 1.82) is 5.26 Å². The summed E-state index contributed by atoms with van der Waals surface area (Å²) in [6.07, 6.45) is 3.84. The molecule has 1 aliphatic rings. The van der Waals surface area contributed by atoms with Crippen molar-refractivity contribution in [2.75, 3.05) is 39.0 Å². The minimum atomic E-state index is 0.698. The van der Waals surface area contributed by atoms with E-state index in [9.17, 15) is 0 Å². The van der Waals surface area contributed by atoms with Gasteiger partial charge < -0.3 is 9.64 Å². The SMILES string of the molecule is CCOc1ccc(CN2CCN(/C(=N/C#N)SC)CC2)cc1. The molecule has 0 bridgehead atoms. The number of hydrogen-bond donors (Lipinski definition) is 0. The van der Waals surface area contributed by atoms with Crippen molar-refractivity contribution in [3.63, 3.8) is 0 Å². The number of benzene rings is 1. The highest BCUT2D eigenvalue weighted by Crippen LogP contribution is 2.15. The summed E-state index contributed by atoms with van der Waals surface area (Å²) in [7, 11) is 0. The Morgan fingerprint density at radius 3 is 2.50 bits per heavy atom. The zero-order valence-corrected chi connectivity index (χ0v) is 14.0. The average Bonchev–Trinajstić information content (AvgIpc) is 2.56. The van der Waals surface area contributed by atoms with Gasteiger partial charge in [-0.3, -0.25) is 4.90 Å². The largest absolute Gasteiger partial charge is 0.494 e. The van der Waals surface area contributed by atoms with E-state index >= 15 is 0 Å². The standard InChI is InChI=1S/C16H22N4OS/c1-3-21-15-6-4-14(5-7-15)12-19-8-10-20(11-9-19)16(22-2)18-13-17/h4-7H,3,8-12H2,1-2H3/b18-16-. The Balaban J connectivity index is 1.84. The highest BCUT2D eigenvalue weighted by Gasteiger charge is 2.19. The summed E-state index contributed by atoms with van der Waals surface area (Å²) in [5.41, 5.74) is 1.30. The molecular formula is C16H22N4OS. The average molecular weight is 318 g/mol. The molecule has 0 aliphatic carbocycles. The molecule has 118 valence electrons. The minimum absolute atomic E-state index is 0.698. The van der Waals surface area contributed by atoms with Gasteiger partial charge >= 0.3 is 0 Å². The van der Waals surface area contributed by atoms with Crippen molar-refractivity contribution in [3.05, 3.63) is 29.8 Å². The third kappa shape index (κ3) is 4.65. The van der Waals surface area contributed by atoms with Gasteiger partial charge in [0.2, 0.25) is 6.19 Å². The molecule has 1 aromatic carbocycles. The van der Waals surface area contributed by atoms with Crippen molar-refractivity contribution in [2.45, 2.75) is 13.5 Å². The van der Waals surface area contributed by atoms with Crippen LogP contribution in [0.1, 0.15) is 12.5 Å². The molecule has 0 N–H and O–H groups in total. The molecule has 0 amide bonds. The van der Waals surface area contributed by atoms with E-state index in [1.165, 1.54) is 17.3 Å². The first-order chi connectivity index (χ1) is 10.8. The zero-order chi connectivity index (χ0) is 15.8. The van der Waals surface area contributed by atoms with Crippen LogP contribution < -0.4 is 4.74 Å². The Morgan fingerprint density at radius 2 is 1.95 bits per heavy atom. The predicted molar refractivity (Wildman–Crippen MR) is 91.0 cm³/mol. The number of nitrogens with zero attached hydrogens (tertiary/aromatic N) is 4. The lowest BCUT2D eigenvalue weighted by Gasteiger charge is -2.35. The Morgan fingerprint density at radius 1 is 1.27 bits per heavy atom. The summed E-state index contributed by atoms with van der Waals surface area (Å²) in [6, 6.07) is 8.31. The van der Waals surface area contributed by atoms with Crippen molar-refractivity contribution >= 4 is 16.9 Å². The number of nitriles is 1. The summed E-state index contributed by atoms with van der Waals surface area (Å²) in [5.74, 6) is 0.924. The van der Waals surface area contributed by atoms with E-state index in [1.54, 1.807) is 0 Å². The molecule has 0 atom stereocenters. The van der Waals surface area contributed by atoms with Crippen molar-refractivity contribution in [1.82, 2.24) is 9.80 Å². The first-order valence-electron chi connectivity index (χ1n) is 7.46. The second-order valence-electron chi connectivity index (χ2n) is 5.04. The van der Waals surface area contributed by atoms with E-state index in [0.717, 1.165) is 43.6 Å². The molecule has 1 aliphatic heterocycles. The number of hydrogen-bond acceptors (Lipinski definition) is 5. The Bertz CT molecular complexity index is 530. The summed E-state index contributed by atoms with van der Waals surface area (Å²) < 4.78 is 5.46. The lowest BCUT2D eigenvalue weighted by Crippen LogP contribution is -2.47. The smallest absolute Gasteiger partial charge is 0.208 e. The maximum atomic E-state index is 8.71. The maximum absolute atomic E-state index is 8.71. The molecule has 1 aromatic rings. The highest BCUT2D eigenvalue weighted by molar-refractivity contribution is 8.13.